The Balaban J connectivity index is 1.47. The van der Waals surface area contributed by atoms with Crippen molar-refractivity contribution in [2.45, 2.75) is 10.9 Å². The minimum Gasteiger partial charge on any atom is -0.305 e. The van der Waals surface area contributed by atoms with Crippen molar-refractivity contribution >= 4 is 23.1 Å². The quantitative estimate of drug-likeness (QED) is 0.477. The summed E-state index contributed by atoms with van der Waals surface area (Å²) in [4.78, 5) is 8.75. The van der Waals surface area contributed by atoms with Gasteiger partial charge in [-0.3, -0.25) is 4.98 Å². The van der Waals surface area contributed by atoms with Gasteiger partial charge in [-0.05, 0) is 36.4 Å². The van der Waals surface area contributed by atoms with Crippen LogP contribution in [0.3, 0.4) is 0 Å². The van der Waals surface area contributed by atoms with E-state index in [9.17, 15) is 4.39 Å². The molecule has 3 aromatic heterocycles. The van der Waals surface area contributed by atoms with E-state index in [0.29, 0.717) is 5.75 Å². The Morgan fingerprint density at radius 2 is 1.96 bits per heavy atom. The van der Waals surface area contributed by atoms with Crippen LogP contribution in [0.2, 0.25) is 0 Å². The van der Waals surface area contributed by atoms with E-state index in [1.54, 1.807) is 47.6 Å². The number of nitrogens with zero attached hydrogens (tertiary/aromatic N) is 5. The summed E-state index contributed by atoms with van der Waals surface area (Å²) in [6, 6.07) is 10.2. The number of rotatable bonds is 5. The summed E-state index contributed by atoms with van der Waals surface area (Å²) in [6.45, 7) is 0. The first-order chi connectivity index (χ1) is 12.7. The smallest absolute Gasteiger partial charge is 0.191 e. The normalized spacial score (nSPS) is 11.0. The fourth-order valence-corrected chi connectivity index (χ4v) is 4.16. The average Bonchev–Trinajstić information content (AvgIpc) is 3.28. The van der Waals surface area contributed by atoms with Gasteiger partial charge in [-0.15, -0.1) is 21.5 Å². The average molecular weight is 383 g/mol. The topological polar surface area (TPSA) is 56.5 Å². The second-order valence-electron chi connectivity index (χ2n) is 5.55. The van der Waals surface area contributed by atoms with E-state index < -0.39 is 0 Å². The molecule has 8 heteroatoms. The first-order valence-electron chi connectivity index (χ1n) is 7.83. The lowest BCUT2D eigenvalue weighted by Crippen LogP contribution is -1.95. The van der Waals surface area contributed by atoms with Crippen LogP contribution in [0.5, 0.6) is 0 Å². The first kappa shape index (κ1) is 16.9. The van der Waals surface area contributed by atoms with Crippen LogP contribution in [0.4, 0.5) is 4.39 Å². The molecule has 0 aliphatic rings. The molecule has 3 heterocycles. The number of thiazole rings is 1. The molecule has 0 unspecified atom stereocenters. The molecule has 1 aromatic carbocycles. The Hall–Kier alpha value is -2.58. The van der Waals surface area contributed by atoms with Crippen molar-refractivity contribution in [3.63, 3.8) is 0 Å². The van der Waals surface area contributed by atoms with Gasteiger partial charge in [0.1, 0.15) is 10.8 Å². The summed E-state index contributed by atoms with van der Waals surface area (Å²) in [7, 11) is 1.94. The Morgan fingerprint density at radius 1 is 1.12 bits per heavy atom. The van der Waals surface area contributed by atoms with E-state index >= 15 is 0 Å². The van der Waals surface area contributed by atoms with E-state index in [4.69, 9.17) is 0 Å². The molecule has 0 fully saturated rings. The fourth-order valence-electron chi connectivity index (χ4n) is 2.42. The van der Waals surface area contributed by atoms with Gasteiger partial charge >= 0.3 is 0 Å². The zero-order valence-electron chi connectivity index (χ0n) is 13.8. The number of pyridine rings is 1. The van der Waals surface area contributed by atoms with E-state index in [1.807, 2.05) is 29.1 Å². The van der Waals surface area contributed by atoms with Crippen LogP contribution in [-0.4, -0.2) is 24.7 Å². The van der Waals surface area contributed by atoms with Crippen molar-refractivity contribution in [2.24, 2.45) is 7.05 Å². The number of aromatic nitrogens is 5. The Kier molecular flexibility index (Phi) is 4.77. The van der Waals surface area contributed by atoms with Gasteiger partial charge in [-0.2, -0.15) is 0 Å². The SMILES string of the molecule is Cn1c(SCc2csc(-c3ccc(F)cc3)n2)nnc1-c1cccnc1. The molecular weight excluding hydrogens is 369 g/mol. The predicted octanol–water partition coefficient (Wildman–Crippen LogP) is 4.43. The van der Waals surface area contributed by atoms with Gasteiger partial charge in [-0.1, -0.05) is 11.8 Å². The highest BCUT2D eigenvalue weighted by molar-refractivity contribution is 7.98. The molecule has 0 aliphatic carbocycles. The molecule has 26 heavy (non-hydrogen) atoms. The molecule has 0 aliphatic heterocycles. The highest BCUT2D eigenvalue weighted by Gasteiger charge is 2.12. The second-order valence-corrected chi connectivity index (χ2v) is 7.35. The van der Waals surface area contributed by atoms with Crippen LogP contribution in [0.15, 0.2) is 59.3 Å². The summed E-state index contributed by atoms with van der Waals surface area (Å²) in [5, 5.41) is 12.2. The standard InChI is InChI=1S/C18H14FN5S2/c1-24-16(13-3-2-8-20-9-13)22-23-18(24)26-11-15-10-25-17(21-15)12-4-6-14(19)7-5-12/h2-10H,11H2,1H3. The summed E-state index contributed by atoms with van der Waals surface area (Å²) in [5.41, 5.74) is 2.82. The molecular formula is C18H14FN5S2. The molecule has 0 bridgehead atoms. The van der Waals surface area contributed by atoms with Gasteiger partial charge in [0, 0.05) is 41.7 Å². The lowest BCUT2D eigenvalue weighted by molar-refractivity contribution is 0.628. The third-order valence-electron chi connectivity index (χ3n) is 3.75. The number of hydrogen-bond acceptors (Lipinski definition) is 6. The number of halogens is 1. The van der Waals surface area contributed by atoms with Crippen molar-refractivity contribution in [2.75, 3.05) is 0 Å². The molecule has 0 saturated carbocycles. The summed E-state index contributed by atoms with van der Waals surface area (Å²) in [6.07, 6.45) is 3.50. The molecule has 0 spiro atoms. The van der Waals surface area contributed by atoms with Crippen LogP contribution in [0.1, 0.15) is 5.69 Å². The number of thioether (sulfide) groups is 1. The Labute approximate surface area is 158 Å². The highest BCUT2D eigenvalue weighted by atomic mass is 32.2. The molecule has 0 radical (unpaired) electrons. The van der Waals surface area contributed by atoms with Crippen LogP contribution in [-0.2, 0) is 12.8 Å². The monoisotopic (exact) mass is 383 g/mol. The Morgan fingerprint density at radius 3 is 2.73 bits per heavy atom. The van der Waals surface area contributed by atoms with Gasteiger partial charge < -0.3 is 4.57 Å². The van der Waals surface area contributed by atoms with Gasteiger partial charge in [0.2, 0.25) is 0 Å². The van der Waals surface area contributed by atoms with Crippen molar-refractivity contribution < 1.29 is 4.39 Å². The summed E-state index contributed by atoms with van der Waals surface area (Å²) >= 11 is 3.13. The minimum absolute atomic E-state index is 0.243. The molecule has 0 N–H and O–H groups in total. The lowest BCUT2D eigenvalue weighted by Gasteiger charge is -2.02. The summed E-state index contributed by atoms with van der Waals surface area (Å²) < 4.78 is 15.0. The van der Waals surface area contributed by atoms with E-state index in [2.05, 4.69) is 20.2 Å². The van der Waals surface area contributed by atoms with Gasteiger partial charge in [-0.25, -0.2) is 9.37 Å². The van der Waals surface area contributed by atoms with Crippen LogP contribution in [0, 0.1) is 5.82 Å². The maximum atomic E-state index is 13.0. The van der Waals surface area contributed by atoms with Gasteiger partial charge in [0.25, 0.3) is 0 Å². The highest BCUT2D eigenvalue weighted by Crippen LogP contribution is 2.28. The van der Waals surface area contributed by atoms with Crippen molar-refractivity contribution in [3.8, 4) is 22.0 Å². The largest absolute Gasteiger partial charge is 0.305 e. The number of benzene rings is 1. The minimum atomic E-state index is -0.243. The molecule has 0 amide bonds. The van der Waals surface area contributed by atoms with Crippen LogP contribution < -0.4 is 0 Å². The number of hydrogen-bond donors (Lipinski definition) is 0. The van der Waals surface area contributed by atoms with E-state index in [0.717, 1.165) is 32.8 Å². The van der Waals surface area contributed by atoms with E-state index in [1.165, 1.54) is 12.1 Å². The third kappa shape index (κ3) is 3.51. The molecule has 4 aromatic rings. The first-order valence-corrected chi connectivity index (χ1v) is 9.70. The Bertz CT molecular complexity index is 1010. The van der Waals surface area contributed by atoms with E-state index in [-0.39, 0.29) is 5.82 Å². The van der Waals surface area contributed by atoms with Gasteiger partial charge in [0.05, 0.1) is 5.69 Å². The fraction of sp³-hybridized carbons (Fsp3) is 0.111. The maximum absolute atomic E-state index is 13.0. The van der Waals surface area contributed by atoms with Crippen molar-refractivity contribution in [1.29, 1.82) is 0 Å². The zero-order valence-corrected chi connectivity index (χ0v) is 15.5. The van der Waals surface area contributed by atoms with Crippen LogP contribution in [0.25, 0.3) is 22.0 Å². The maximum Gasteiger partial charge on any atom is 0.191 e. The second kappa shape index (κ2) is 7.35. The lowest BCUT2D eigenvalue weighted by atomic mass is 10.2. The molecule has 130 valence electrons. The molecule has 5 nitrogen and oxygen atoms in total. The predicted molar refractivity (Wildman–Crippen MR) is 101 cm³/mol. The van der Waals surface area contributed by atoms with Crippen molar-refractivity contribution in [3.05, 3.63) is 65.7 Å². The summed E-state index contributed by atoms with van der Waals surface area (Å²) in [5.74, 6) is 1.23. The molecule has 0 atom stereocenters. The third-order valence-corrected chi connectivity index (χ3v) is 5.74. The van der Waals surface area contributed by atoms with Crippen molar-refractivity contribution in [1.82, 2.24) is 24.7 Å². The zero-order chi connectivity index (χ0) is 17.9. The molecule has 4 rings (SSSR count). The molecule has 0 saturated heterocycles. The van der Waals surface area contributed by atoms with Gasteiger partial charge in [0.15, 0.2) is 11.0 Å². The van der Waals surface area contributed by atoms with Crippen LogP contribution >= 0.6 is 23.1 Å².